The first-order valence-electron chi connectivity index (χ1n) is 3.88. The third-order valence-corrected chi connectivity index (χ3v) is 1.67. The highest BCUT2D eigenvalue weighted by atomic mass is 19.1. The van der Waals surface area contributed by atoms with Crippen molar-refractivity contribution in [3.05, 3.63) is 42.0 Å². The molecule has 0 radical (unpaired) electrons. The van der Waals surface area contributed by atoms with E-state index >= 15 is 0 Å². The lowest BCUT2D eigenvalue weighted by atomic mass is 10.3. The van der Waals surface area contributed by atoms with E-state index in [0.717, 1.165) is 4.80 Å². The van der Waals surface area contributed by atoms with E-state index in [4.69, 9.17) is 5.26 Å². The smallest absolute Gasteiger partial charge is 0.183 e. The van der Waals surface area contributed by atoms with Crippen molar-refractivity contribution in [3.8, 4) is 11.8 Å². The zero-order chi connectivity index (χ0) is 9.97. The Hall–Kier alpha value is -2.22. The summed E-state index contributed by atoms with van der Waals surface area (Å²) in [6.07, 6.45) is 1.28. The Morgan fingerprint density at radius 1 is 1.36 bits per heavy atom. The second kappa shape index (κ2) is 3.26. The number of nitriles is 1. The van der Waals surface area contributed by atoms with Crippen LogP contribution in [-0.2, 0) is 0 Å². The Kier molecular flexibility index (Phi) is 1.95. The van der Waals surface area contributed by atoms with Gasteiger partial charge >= 0.3 is 0 Å². The summed E-state index contributed by atoms with van der Waals surface area (Å²) in [5, 5.41) is 16.0. The van der Waals surface area contributed by atoms with E-state index < -0.39 is 5.82 Å². The molecule has 0 spiro atoms. The molecule has 1 aromatic heterocycles. The average molecular weight is 188 g/mol. The van der Waals surface area contributed by atoms with Crippen LogP contribution in [0.4, 0.5) is 4.39 Å². The molecule has 2 rings (SSSR count). The Morgan fingerprint density at radius 2 is 2.14 bits per heavy atom. The predicted molar refractivity (Wildman–Crippen MR) is 46.0 cm³/mol. The number of halogens is 1. The fourth-order valence-electron chi connectivity index (χ4n) is 1.04. The molecule has 5 heteroatoms. The van der Waals surface area contributed by atoms with Crippen LogP contribution < -0.4 is 0 Å². The lowest BCUT2D eigenvalue weighted by Gasteiger charge is -1.98. The van der Waals surface area contributed by atoms with E-state index in [1.54, 1.807) is 12.1 Å². The minimum atomic E-state index is -0.424. The Labute approximate surface area is 79.2 Å². The highest BCUT2D eigenvalue weighted by Gasteiger charge is 2.05. The first kappa shape index (κ1) is 8.38. The van der Waals surface area contributed by atoms with Crippen molar-refractivity contribution in [2.45, 2.75) is 0 Å². The van der Waals surface area contributed by atoms with Gasteiger partial charge in [-0.2, -0.15) is 10.4 Å². The molecule has 0 amide bonds. The molecule has 0 aliphatic rings. The summed E-state index contributed by atoms with van der Waals surface area (Å²) < 4.78 is 13.2. The van der Waals surface area contributed by atoms with Crippen molar-refractivity contribution in [2.24, 2.45) is 0 Å². The summed E-state index contributed by atoms with van der Waals surface area (Å²) in [6, 6.07) is 7.92. The predicted octanol–water partition coefficient (Wildman–Crippen LogP) is 1.28. The standard InChI is InChI=1S/C9H5FN4/c10-8-3-1-2-4-9(8)14-12-6-7(5-11)13-14/h1-4,6H. The minimum Gasteiger partial charge on any atom is -0.205 e. The first-order chi connectivity index (χ1) is 6.81. The molecular weight excluding hydrogens is 183 g/mol. The van der Waals surface area contributed by atoms with E-state index in [-0.39, 0.29) is 11.4 Å². The van der Waals surface area contributed by atoms with E-state index in [1.165, 1.54) is 18.3 Å². The Balaban J connectivity index is 2.51. The minimum absolute atomic E-state index is 0.160. The van der Waals surface area contributed by atoms with E-state index in [2.05, 4.69) is 10.2 Å². The van der Waals surface area contributed by atoms with Crippen LogP contribution in [-0.4, -0.2) is 15.0 Å². The molecule has 14 heavy (non-hydrogen) atoms. The van der Waals surface area contributed by atoms with Crippen LogP contribution in [0.15, 0.2) is 30.5 Å². The molecule has 0 saturated carbocycles. The molecule has 0 N–H and O–H groups in total. The molecule has 0 aliphatic carbocycles. The fraction of sp³-hybridized carbons (Fsp3) is 0. The summed E-state index contributed by atoms with van der Waals surface area (Å²) in [7, 11) is 0. The number of hydrogen-bond acceptors (Lipinski definition) is 3. The number of para-hydroxylation sites is 1. The molecule has 4 nitrogen and oxygen atoms in total. The van der Waals surface area contributed by atoms with Crippen LogP contribution in [0.25, 0.3) is 5.69 Å². The lowest BCUT2D eigenvalue weighted by molar-refractivity contribution is 0.596. The van der Waals surface area contributed by atoms with Gasteiger partial charge in [0.15, 0.2) is 11.5 Å². The number of benzene rings is 1. The largest absolute Gasteiger partial charge is 0.205 e. The van der Waals surface area contributed by atoms with Crippen molar-refractivity contribution in [2.75, 3.05) is 0 Å². The number of rotatable bonds is 1. The van der Waals surface area contributed by atoms with Gasteiger partial charge in [0.1, 0.15) is 11.8 Å². The van der Waals surface area contributed by atoms with Crippen molar-refractivity contribution in [1.82, 2.24) is 15.0 Å². The summed E-state index contributed by atoms with van der Waals surface area (Å²) >= 11 is 0. The summed E-state index contributed by atoms with van der Waals surface area (Å²) in [5.74, 6) is -0.424. The summed E-state index contributed by atoms with van der Waals surface area (Å²) in [5.41, 5.74) is 0.391. The highest BCUT2D eigenvalue weighted by molar-refractivity contribution is 5.31. The molecule has 0 aliphatic heterocycles. The molecule has 0 fully saturated rings. The van der Waals surface area contributed by atoms with Gasteiger partial charge in [0.05, 0.1) is 6.20 Å². The van der Waals surface area contributed by atoms with Gasteiger partial charge in [-0.15, -0.1) is 9.90 Å². The van der Waals surface area contributed by atoms with Gasteiger partial charge in [0.2, 0.25) is 0 Å². The molecule has 2 aromatic rings. The van der Waals surface area contributed by atoms with Crippen LogP contribution in [0.5, 0.6) is 0 Å². The second-order valence-corrected chi connectivity index (χ2v) is 2.58. The topological polar surface area (TPSA) is 54.5 Å². The average Bonchev–Trinajstić information content (AvgIpc) is 2.67. The molecule has 0 atom stereocenters. The molecule has 1 aromatic carbocycles. The fourth-order valence-corrected chi connectivity index (χ4v) is 1.04. The van der Waals surface area contributed by atoms with Gasteiger partial charge in [0, 0.05) is 0 Å². The molecule has 68 valence electrons. The van der Waals surface area contributed by atoms with Gasteiger partial charge in [-0.05, 0) is 12.1 Å². The maximum absolute atomic E-state index is 13.2. The van der Waals surface area contributed by atoms with E-state index in [9.17, 15) is 4.39 Å². The third-order valence-electron chi connectivity index (χ3n) is 1.67. The maximum atomic E-state index is 13.2. The third kappa shape index (κ3) is 1.33. The molecule has 0 saturated heterocycles. The number of nitrogens with zero attached hydrogens (tertiary/aromatic N) is 4. The van der Waals surface area contributed by atoms with Gasteiger partial charge in [-0.3, -0.25) is 0 Å². The zero-order valence-corrected chi connectivity index (χ0v) is 7.05. The van der Waals surface area contributed by atoms with Gasteiger partial charge < -0.3 is 0 Å². The van der Waals surface area contributed by atoms with Crippen molar-refractivity contribution < 1.29 is 4.39 Å². The van der Waals surface area contributed by atoms with Crippen LogP contribution in [0.3, 0.4) is 0 Å². The monoisotopic (exact) mass is 188 g/mol. The Bertz CT molecular complexity index is 498. The van der Waals surface area contributed by atoms with Gasteiger partial charge in [-0.25, -0.2) is 4.39 Å². The summed E-state index contributed by atoms with van der Waals surface area (Å²) in [4.78, 5) is 1.09. The number of hydrogen-bond donors (Lipinski definition) is 0. The van der Waals surface area contributed by atoms with Crippen molar-refractivity contribution in [1.29, 1.82) is 5.26 Å². The van der Waals surface area contributed by atoms with E-state index in [0.29, 0.717) is 0 Å². The van der Waals surface area contributed by atoms with Crippen molar-refractivity contribution in [3.63, 3.8) is 0 Å². The SMILES string of the molecule is N#Cc1cnn(-c2ccccc2F)n1. The quantitative estimate of drug-likeness (QED) is 0.677. The van der Waals surface area contributed by atoms with Crippen LogP contribution in [0.1, 0.15) is 5.69 Å². The molecule has 1 heterocycles. The van der Waals surface area contributed by atoms with Crippen molar-refractivity contribution >= 4 is 0 Å². The van der Waals surface area contributed by atoms with Crippen LogP contribution in [0.2, 0.25) is 0 Å². The highest BCUT2D eigenvalue weighted by Crippen LogP contribution is 2.09. The zero-order valence-electron chi connectivity index (χ0n) is 7.05. The first-order valence-corrected chi connectivity index (χ1v) is 3.88. The van der Waals surface area contributed by atoms with Crippen LogP contribution >= 0.6 is 0 Å². The normalized spacial score (nSPS) is 9.71. The summed E-state index contributed by atoms with van der Waals surface area (Å²) in [6.45, 7) is 0. The van der Waals surface area contributed by atoms with Gasteiger partial charge in [0.25, 0.3) is 0 Å². The lowest BCUT2D eigenvalue weighted by Crippen LogP contribution is -2.01. The molecule has 0 bridgehead atoms. The van der Waals surface area contributed by atoms with E-state index in [1.807, 2.05) is 6.07 Å². The van der Waals surface area contributed by atoms with Crippen LogP contribution in [0, 0.1) is 17.1 Å². The number of aromatic nitrogens is 3. The Morgan fingerprint density at radius 3 is 2.79 bits per heavy atom. The molecule has 0 unspecified atom stereocenters. The van der Waals surface area contributed by atoms with Gasteiger partial charge in [-0.1, -0.05) is 12.1 Å². The second-order valence-electron chi connectivity index (χ2n) is 2.58. The maximum Gasteiger partial charge on any atom is 0.183 e. The molecular formula is C9H5FN4.